The van der Waals surface area contributed by atoms with Crippen molar-refractivity contribution in [1.82, 2.24) is 0 Å². The van der Waals surface area contributed by atoms with Gasteiger partial charge in [0.25, 0.3) is 0 Å². The van der Waals surface area contributed by atoms with Gasteiger partial charge >= 0.3 is 39.5 Å². The van der Waals surface area contributed by atoms with Gasteiger partial charge in [-0.1, -0.05) is 375 Å². The average Bonchev–Trinajstić information content (AvgIpc) is 1.49. The Balaban J connectivity index is 5.19. The highest BCUT2D eigenvalue weighted by atomic mass is 31.2. The average molecular weight is 1470 g/mol. The number of rotatable bonds is 80. The predicted octanol–water partition coefficient (Wildman–Crippen LogP) is 24.3. The van der Waals surface area contributed by atoms with Gasteiger partial charge in [0.15, 0.2) is 12.2 Å². The molecular weight excluding hydrogens is 1310 g/mol. The highest BCUT2D eigenvalue weighted by Gasteiger charge is 2.30. The van der Waals surface area contributed by atoms with E-state index in [2.05, 4.69) is 41.5 Å². The lowest BCUT2D eigenvalue weighted by atomic mass is 9.99. The van der Waals surface area contributed by atoms with Gasteiger partial charge in [0.2, 0.25) is 0 Å². The third-order valence-electron chi connectivity index (χ3n) is 19.3. The van der Waals surface area contributed by atoms with Crippen LogP contribution in [0.2, 0.25) is 0 Å². The second-order valence-electron chi connectivity index (χ2n) is 29.9. The molecule has 0 saturated heterocycles. The lowest BCUT2D eigenvalue weighted by Crippen LogP contribution is -2.30. The monoisotopic (exact) mass is 1470 g/mol. The van der Waals surface area contributed by atoms with Crippen LogP contribution in [0.15, 0.2) is 0 Å². The maximum Gasteiger partial charge on any atom is 0.472 e. The first kappa shape index (κ1) is 98.1. The molecule has 0 aliphatic carbocycles. The van der Waals surface area contributed by atoms with E-state index in [1.54, 1.807) is 0 Å². The normalized spacial score (nSPS) is 14.2. The molecule has 0 aromatic heterocycles. The summed E-state index contributed by atoms with van der Waals surface area (Å²) < 4.78 is 68.6. The van der Waals surface area contributed by atoms with Crippen LogP contribution in [-0.4, -0.2) is 96.7 Å². The fourth-order valence-corrected chi connectivity index (χ4v) is 14.1. The van der Waals surface area contributed by atoms with Crippen LogP contribution in [0.1, 0.15) is 427 Å². The zero-order valence-corrected chi connectivity index (χ0v) is 67.3. The molecule has 3 N–H and O–H groups in total. The van der Waals surface area contributed by atoms with E-state index in [-0.39, 0.29) is 25.7 Å². The summed E-state index contributed by atoms with van der Waals surface area (Å²) in [5.74, 6) is -0.544. The SMILES string of the molecule is CCCCCCCCCCCCCCCCCCCCCCCCC(=O)O[C@H](COC(=O)CCCCCCCCCCCCCCCCC(C)C)COP(=O)(O)OC[C@@H](O)COP(=O)(O)OC[C@@H](COC(=O)CCCCCCCCCCC)OC(=O)CCCCCCCCCCC(C)CC. The molecular formula is C81H158O17P2. The van der Waals surface area contributed by atoms with Gasteiger partial charge in [0.05, 0.1) is 26.4 Å². The number of aliphatic hydroxyl groups excluding tert-OH is 1. The smallest absolute Gasteiger partial charge is 0.462 e. The number of ether oxygens (including phenoxy) is 4. The predicted molar refractivity (Wildman–Crippen MR) is 409 cm³/mol. The number of carbonyl (C=O) groups excluding carboxylic acids is 4. The Bertz CT molecular complexity index is 1930. The lowest BCUT2D eigenvalue weighted by Gasteiger charge is -2.21. The first-order valence-electron chi connectivity index (χ1n) is 42.0. The molecule has 0 saturated carbocycles. The highest BCUT2D eigenvalue weighted by molar-refractivity contribution is 7.47. The molecule has 0 amide bonds. The van der Waals surface area contributed by atoms with Gasteiger partial charge in [-0.25, -0.2) is 9.13 Å². The fraction of sp³-hybridized carbons (Fsp3) is 0.951. The van der Waals surface area contributed by atoms with Gasteiger partial charge in [-0.2, -0.15) is 0 Å². The summed E-state index contributed by atoms with van der Waals surface area (Å²) in [6, 6.07) is 0. The quantitative estimate of drug-likeness (QED) is 0.0222. The molecule has 0 bridgehead atoms. The van der Waals surface area contributed by atoms with Crippen molar-refractivity contribution < 1.29 is 80.2 Å². The van der Waals surface area contributed by atoms with E-state index in [1.807, 2.05) is 0 Å². The molecule has 594 valence electrons. The summed E-state index contributed by atoms with van der Waals surface area (Å²) in [5, 5.41) is 10.6. The van der Waals surface area contributed by atoms with Crippen LogP contribution in [0.3, 0.4) is 0 Å². The van der Waals surface area contributed by atoms with Gasteiger partial charge in [-0.05, 0) is 37.5 Å². The number of hydrogen-bond donors (Lipinski definition) is 3. The minimum absolute atomic E-state index is 0.105. The summed E-state index contributed by atoms with van der Waals surface area (Å²) in [7, 11) is -9.92. The maximum absolute atomic E-state index is 13.1. The van der Waals surface area contributed by atoms with Gasteiger partial charge in [-0.3, -0.25) is 37.3 Å². The van der Waals surface area contributed by atoms with E-state index in [0.717, 1.165) is 102 Å². The summed E-state index contributed by atoms with van der Waals surface area (Å²) in [6.07, 6.45) is 62.6. The van der Waals surface area contributed by atoms with Crippen molar-refractivity contribution in [3.05, 3.63) is 0 Å². The molecule has 17 nitrogen and oxygen atoms in total. The molecule has 3 unspecified atom stereocenters. The fourth-order valence-electron chi connectivity index (χ4n) is 12.5. The summed E-state index contributed by atoms with van der Waals surface area (Å²) >= 11 is 0. The van der Waals surface area contributed by atoms with Crippen molar-refractivity contribution in [2.75, 3.05) is 39.6 Å². The minimum Gasteiger partial charge on any atom is -0.462 e. The Morgan fingerprint density at radius 3 is 0.760 bits per heavy atom. The van der Waals surface area contributed by atoms with E-state index in [1.165, 1.54) is 244 Å². The zero-order chi connectivity index (χ0) is 73.5. The number of aliphatic hydroxyl groups is 1. The molecule has 0 spiro atoms. The highest BCUT2D eigenvalue weighted by Crippen LogP contribution is 2.45. The molecule has 0 aliphatic heterocycles. The second kappa shape index (κ2) is 72.6. The molecule has 0 rings (SSSR count). The number of unbranched alkanes of at least 4 members (excludes halogenated alkanes) is 49. The molecule has 19 heteroatoms. The van der Waals surface area contributed by atoms with E-state index >= 15 is 0 Å². The minimum atomic E-state index is -4.96. The lowest BCUT2D eigenvalue weighted by molar-refractivity contribution is -0.161. The molecule has 0 aromatic rings. The first-order chi connectivity index (χ1) is 48.4. The number of esters is 4. The Hall–Kier alpha value is -1.94. The van der Waals surface area contributed by atoms with Crippen molar-refractivity contribution in [1.29, 1.82) is 0 Å². The topological polar surface area (TPSA) is 237 Å². The van der Waals surface area contributed by atoms with Gasteiger partial charge in [-0.15, -0.1) is 0 Å². The van der Waals surface area contributed by atoms with Crippen molar-refractivity contribution in [2.45, 2.75) is 445 Å². The molecule has 0 aliphatic rings. The third kappa shape index (κ3) is 73.0. The van der Waals surface area contributed by atoms with Gasteiger partial charge < -0.3 is 33.8 Å². The Morgan fingerprint density at radius 1 is 0.290 bits per heavy atom. The number of hydrogen-bond acceptors (Lipinski definition) is 15. The Kier molecular flexibility index (Phi) is 71.2. The summed E-state index contributed by atoms with van der Waals surface area (Å²) in [6.45, 7) is 9.63. The van der Waals surface area contributed by atoms with Gasteiger partial charge in [0.1, 0.15) is 19.3 Å². The molecule has 100 heavy (non-hydrogen) atoms. The largest absolute Gasteiger partial charge is 0.472 e. The van der Waals surface area contributed by atoms with Crippen molar-refractivity contribution in [3.8, 4) is 0 Å². The van der Waals surface area contributed by atoms with Gasteiger partial charge in [0, 0.05) is 25.7 Å². The van der Waals surface area contributed by atoms with Crippen LogP contribution in [0, 0.1) is 11.8 Å². The Morgan fingerprint density at radius 2 is 0.510 bits per heavy atom. The molecule has 0 fully saturated rings. The van der Waals surface area contributed by atoms with Crippen molar-refractivity contribution >= 4 is 39.5 Å². The number of carbonyl (C=O) groups is 4. The van der Waals surface area contributed by atoms with Crippen molar-refractivity contribution in [3.63, 3.8) is 0 Å². The van der Waals surface area contributed by atoms with Crippen LogP contribution < -0.4 is 0 Å². The molecule has 0 heterocycles. The van der Waals surface area contributed by atoms with E-state index in [9.17, 15) is 43.2 Å². The van der Waals surface area contributed by atoms with E-state index in [4.69, 9.17) is 37.0 Å². The molecule has 0 aromatic carbocycles. The maximum atomic E-state index is 13.1. The number of phosphoric ester groups is 2. The van der Waals surface area contributed by atoms with Crippen molar-refractivity contribution in [2.24, 2.45) is 11.8 Å². The first-order valence-corrected chi connectivity index (χ1v) is 45.0. The van der Waals surface area contributed by atoms with Crippen LogP contribution in [-0.2, 0) is 65.4 Å². The van der Waals surface area contributed by atoms with E-state index < -0.39 is 97.5 Å². The molecule has 0 radical (unpaired) electrons. The second-order valence-corrected chi connectivity index (χ2v) is 32.8. The Labute approximate surface area is 613 Å². The van der Waals surface area contributed by atoms with Crippen LogP contribution in [0.5, 0.6) is 0 Å². The van der Waals surface area contributed by atoms with Crippen LogP contribution in [0.4, 0.5) is 0 Å². The standard InChI is InChI=1S/C81H158O17P2/c1-7-10-12-14-16-18-19-20-21-22-23-24-25-26-27-28-33-36-40-47-53-59-65-80(85)97-76(70-92-79(84)64-58-52-46-39-35-32-30-29-31-34-38-43-49-55-61-73(4)5)71-95-99(87,88)93-67-75(82)68-94-100(89,90)96-72-77(69-91-78(83)63-57-51-45-37-17-15-13-11-8-2)98-81(86)66-60-54-48-42-41-44-50-56-62-74(6)9-3/h73-77,82H,7-72H2,1-6H3,(H,87,88)(H,89,90)/t74?,75-,76-,77-/m1/s1. The summed E-state index contributed by atoms with van der Waals surface area (Å²) in [5.41, 5.74) is 0. The van der Waals surface area contributed by atoms with Crippen LogP contribution in [0.25, 0.3) is 0 Å². The summed E-state index contributed by atoms with van der Waals surface area (Å²) in [4.78, 5) is 72.9. The molecule has 6 atom stereocenters. The van der Waals surface area contributed by atoms with Crippen LogP contribution >= 0.6 is 15.6 Å². The number of phosphoric acid groups is 2. The third-order valence-corrected chi connectivity index (χ3v) is 21.2. The zero-order valence-electron chi connectivity index (χ0n) is 65.5. The van der Waals surface area contributed by atoms with E-state index in [0.29, 0.717) is 25.7 Å².